The van der Waals surface area contributed by atoms with E-state index >= 15 is 0 Å². The summed E-state index contributed by atoms with van der Waals surface area (Å²) >= 11 is 0. The molecule has 1 aliphatic heterocycles. The van der Waals surface area contributed by atoms with Crippen molar-refractivity contribution >= 4 is 5.82 Å². The van der Waals surface area contributed by atoms with E-state index in [-0.39, 0.29) is 0 Å². The second-order valence-corrected chi connectivity index (χ2v) is 6.74. The number of hydrogen-bond acceptors (Lipinski definition) is 4. The van der Waals surface area contributed by atoms with Crippen LogP contribution in [0.5, 0.6) is 0 Å². The molecule has 4 heteroatoms. The molecule has 1 aromatic rings. The summed E-state index contributed by atoms with van der Waals surface area (Å²) < 4.78 is 0. The maximum Gasteiger partial charge on any atom is 0.127 e. The van der Waals surface area contributed by atoms with Crippen LogP contribution in [0.3, 0.4) is 0 Å². The molecule has 0 spiro atoms. The van der Waals surface area contributed by atoms with Crippen molar-refractivity contribution < 1.29 is 0 Å². The monoisotopic (exact) mass is 290 g/mol. The molecule has 0 N–H and O–H groups in total. The van der Waals surface area contributed by atoms with Gasteiger partial charge >= 0.3 is 0 Å². The van der Waals surface area contributed by atoms with E-state index in [2.05, 4.69) is 47.9 Å². The predicted octanol–water partition coefficient (Wildman–Crippen LogP) is 2.31. The van der Waals surface area contributed by atoms with Gasteiger partial charge in [0.15, 0.2) is 0 Å². The summed E-state index contributed by atoms with van der Waals surface area (Å²) in [6, 6.07) is 5.00. The Bertz CT molecular complexity index is 419. The molecule has 1 saturated heterocycles. The zero-order chi connectivity index (χ0) is 15.4. The van der Waals surface area contributed by atoms with Crippen molar-refractivity contribution in [2.45, 2.75) is 32.4 Å². The Kier molecular flexibility index (Phi) is 5.59. The number of likely N-dealkylation sites (tertiary alicyclic amines) is 1. The van der Waals surface area contributed by atoms with E-state index in [1.807, 2.05) is 25.2 Å². The molecular formula is C17H30N4. The molecule has 0 radical (unpaired) electrons. The smallest absolute Gasteiger partial charge is 0.127 e. The molecule has 118 valence electrons. The molecule has 4 nitrogen and oxygen atoms in total. The third-order valence-corrected chi connectivity index (χ3v) is 4.80. The molecule has 0 bridgehead atoms. The van der Waals surface area contributed by atoms with Gasteiger partial charge in [-0.1, -0.05) is 6.07 Å². The summed E-state index contributed by atoms with van der Waals surface area (Å²) in [6.45, 7) is 5.80. The first kappa shape index (κ1) is 16.2. The van der Waals surface area contributed by atoms with Crippen molar-refractivity contribution in [2.75, 3.05) is 46.2 Å². The zero-order valence-electron chi connectivity index (χ0n) is 14.2. The number of rotatable bonds is 5. The van der Waals surface area contributed by atoms with Crippen LogP contribution in [0, 0.1) is 5.92 Å². The molecular weight excluding hydrogens is 260 g/mol. The van der Waals surface area contributed by atoms with Crippen molar-refractivity contribution in [3.05, 3.63) is 23.9 Å². The van der Waals surface area contributed by atoms with Gasteiger partial charge < -0.3 is 9.80 Å². The Balaban J connectivity index is 1.83. The molecule has 0 aliphatic carbocycles. The summed E-state index contributed by atoms with van der Waals surface area (Å²) in [4.78, 5) is 11.5. The lowest BCUT2D eigenvalue weighted by Crippen LogP contribution is -2.41. The van der Waals surface area contributed by atoms with Crippen LogP contribution < -0.4 is 4.90 Å². The van der Waals surface area contributed by atoms with Crippen molar-refractivity contribution in [3.63, 3.8) is 0 Å². The highest BCUT2D eigenvalue weighted by Gasteiger charge is 2.24. The second kappa shape index (κ2) is 7.23. The highest BCUT2D eigenvalue weighted by molar-refractivity contribution is 5.37. The van der Waals surface area contributed by atoms with Gasteiger partial charge in [0.1, 0.15) is 5.82 Å². The summed E-state index contributed by atoms with van der Waals surface area (Å²) in [7, 11) is 8.43. The van der Waals surface area contributed by atoms with Gasteiger partial charge in [-0.3, -0.25) is 4.90 Å². The van der Waals surface area contributed by atoms with Crippen LogP contribution in [0.4, 0.5) is 5.82 Å². The summed E-state index contributed by atoms with van der Waals surface area (Å²) in [5.41, 5.74) is 1.32. The topological polar surface area (TPSA) is 22.6 Å². The molecule has 1 aromatic heterocycles. The van der Waals surface area contributed by atoms with Crippen molar-refractivity contribution in [2.24, 2.45) is 5.92 Å². The highest BCUT2D eigenvalue weighted by atomic mass is 15.1. The van der Waals surface area contributed by atoms with Crippen LogP contribution in [-0.4, -0.2) is 62.1 Å². The molecule has 0 saturated carbocycles. The third-order valence-electron chi connectivity index (χ3n) is 4.80. The summed E-state index contributed by atoms with van der Waals surface area (Å²) in [5, 5.41) is 0. The first-order valence-corrected chi connectivity index (χ1v) is 7.98. The van der Waals surface area contributed by atoms with Crippen LogP contribution in [-0.2, 0) is 6.54 Å². The van der Waals surface area contributed by atoms with E-state index in [9.17, 15) is 0 Å². The van der Waals surface area contributed by atoms with Gasteiger partial charge in [-0.15, -0.1) is 0 Å². The minimum absolute atomic E-state index is 0.688. The maximum absolute atomic E-state index is 4.50. The molecule has 0 unspecified atom stereocenters. The highest BCUT2D eigenvalue weighted by Crippen LogP contribution is 2.24. The number of piperidine rings is 1. The molecule has 1 aliphatic rings. The number of hydrogen-bond donors (Lipinski definition) is 0. The molecule has 2 rings (SSSR count). The summed E-state index contributed by atoms with van der Waals surface area (Å²) in [6.07, 6.45) is 4.63. The van der Waals surface area contributed by atoms with Gasteiger partial charge in [-0.25, -0.2) is 4.98 Å². The number of nitrogens with zero attached hydrogens (tertiary/aromatic N) is 4. The SMILES string of the molecule is C[C@H](C1CCN(Cc2ccc(N(C)C)nc2)CC1)N(C)C. The van der Waals surface area contributed by atoms with E-state index < -0.39 is 0 Å². The number of pyridine rings is 1. The third kappa shape index (κ3) is 4.42. The standard InChI is InChI=1S/C17H30N4/c1-14(19(2)3)16-8-10-21(11-9-16)13-15-6-7-17(18-12-15)20(4)5/h6-7,12,14,16H,8-11,13H2,1-5H3/t14-/m1/s1. The van der Waals surface area contributed by atoms with Gasteiger partial charge in [0.25, 0.3) is 0 Å². The Morgan fingerprint density at radius 1 is 1.19 bits per heavy atom. The van der Waals surface area contributed by atoms with Gasteiger partial charge in [0, 0.05) is 32.9 Å². The van der Waals surface area contributed by atoms with Crippen LogP contribution in [0.25, 0.3) is 0 Å². The number of anilines is 1. The maximum atomic E-state index is 4.50. The van der Waals surface area contributed by atoms with E-state index in [0.717, 1.165) is 18.3 Å². The minimum atomic E-state index is 0.688. The lowest BCUT2D eigenvalue weighted by atomic mass is 9.89. The first-order valence-electron chi connectivity index (χ1n) is 7.98. The quantitative estimate of drug-likeness (QED) is 0.830. The Labute approximate surface area is 129 Å². The first-order chi connectivity index (χ1) is 9.97. The normalized spacial score (nSPS) is 19.0. The average molecular weight is 290 g/mol. The lowest BCUT2D eigenvalue weighted by molar-refractivity contribution is 0.121. The lowest BCUT2D eigenvalue weighted by Gasteiger charge is -2.37. The van der Waals surface area contributed by atoms with Gasteiger partial charge in [0.05, 0.1) is 0 Å². The fraction of sp³-hybridized carbons (Fsp3) is 0.706. The fourth-order valence-electron chi connectivity index (χ4n) is 3.05. The van der Waals surface area contributed by atoms with Crippen LogP contribution in [0.2, 0.25) is 0 Å². The molecule has 0 amide bonds. The molecule has 21 heavy (non-hydrogen) atoms. The van der Waals surface area contributed by atoms with E-state index in [1.165, 1.54) is 31.5 Å². The van der Waals surface area contributed by atoms with E-state index in [4.69, 9.17) is 0 Å². The van der Waals surface area contributed by atoms with Crippen LogP contribution >= 0.6 is 0 Å². The molecule has 1 fully saturated rings. The van der Waals surface area contributed by atoms with E-state index in [0.29, 0.717) is 6.04 Å². The van der Waals surface area contributed by atoms with E-state index in [1.54, 1.807) is 0 Å². The Hall–Kier alpha value is -1.13. The average Bonchev–Trinajstić information content (AvgIpc) is 2.47. The van der Waals surface area contributed by atoms with Gasteiger partial charge in [-0.2, -0.15) is 0 Å². The van der Waals surface area contributed by atoms with Crippen molar-refractivity contribution in [1.29, 1.82) is 0 Å². The number of aromatic nitrogens is 1. The van der Waals surface area contributed by atoms with Crippen molar-refractivity contribution in [3.8, 4) is 0 Å². The predicted molar refractivity (Wildman–Crippen MR) is 89.7 cm³/mol. The Morgan fingerprint density at radius 2 is 1.86 bits per heavy atom. The molecule has 0 aromatic carbocycles. The Morgan fingerprint density at radius 3 is 2.33 bits per heavy atom. The van der Waals surface area contributed by atoms with Crippen LogP contribution in [0.15, 0.2) is 18.3 Å². The zero-order valence-corrected chi connectivity index (χ0v) is 14.2. The van der Waals surface area contributed by atoms with Gasteiger partial charge in [-0.05, 0) is 64.5 Å². The summed E-state index contributed by atoms with van der Waals surface area (Å²) in [5.74, 6) is 1.86. The second-order valence-electron chi connectivity index (χ2n) is 6.74. The minimum Gasteiger partial charge on any atom is -0.363 e. The fourth-order valence-corrected chi connectivity index (χ4v) is 3.05. The van der Waals surface area contributed by atoms with Crippen molar-refractivity contribution in [1.82, 2.24) is 14.8 Å². The largest absolute Gasteiger partial charge is 0.363 e. The van der Waals surface area contributed by atoms with Gasteiger partial charge in [0.2, 0.25) is 0 Å². The molecule has 1 atom stereocenters. The van der Waals surface area contributed by atoms with Crippen LogP contribution in [0.1, 0.15) is 25.3 Å². The molecule has 2 heterocycles.